The highest BCUT2D eigenvalue weighted by molar-refractivity contribution is 5.30. The number of hydrogen-bond acceptors (Lipinski definition) is 2. The Balaban J connectivity index is 2.73. The molecule has 0 heterocycles. The molecule has 0 unspecified atom stereocenters. The summed E-state index contributed by atoms with van der Waals surface area (Å²) in [6.07, 6.45) is 3.74. The van der Waals surface area contributed by atoms with E-state index in [1.807, 2.05) is 19.1 Å². The lowest BCUT2D eigenvalue weighted by molar-refractivity contribution is 0.360. The minimum atomic E-state index is -0.317. The zero-order chi connectivity index (χ0) is 11.3. The lowest BCUT2D eigenvalue weighted by Crippen LogP contribution is -2.07. The molecule has 1 atom stereocenters. The average molecular weight is 209 g/mol. The van der Waals surface area contributed by atoms with Crippen molar-refractivity contribution < 1.29 is 9.13 Å². The highest BCUT2D eigenvalue weighted by Crippen LogP contribution is 2.20. The standard InChI is InChI=1S/C12H16FNO/c1-3-4-7-15-10-5-6-11(9(2)14)12(13)8-10/h3-6,8-9H,7,14H2,1-2H3/b4-3+/t9-/m1/s1. The Morgan fingerprint density at radius 2 is 2.27 bits per heavy atom. The van der Waals surface area contributed by atoms with Gasteiger partial charge in [0.1, 0.15) is 18.2 Å². The second kappa shape index (κ2) is 5.51. The van der Waals surface area contributed by atoms with Crippen LogP contribution in [0, 0.1) is 5.82 Å². The van der Waals surface area contributed by atoms with E-state index in [4.69, 9.17) is 10.5 Å². The largest absolute Gasteiger partial charge is 0.489 e. The monoisotopic (exact) mass is 209 g/mol. The SMILES string of the molecule is C/C=C/COc1ccc([C@@H](C)N)c(F)c1. The van der Waals surface area contributed by atoms with Crippen molar-refractivity contribution in [2.45, 2.75) is 19.9 Å². The van der Waals surface area contributed by atoms with Crippen LogP contribution in [0.3, 0.4) is 0 Å². The molecule has 0 spiro atoms. The first-order valence-electron chi connectivity index (χ1n) is 4.94. The minimum Gasteiger partial charge on any atom is -0.489 e. The lowest BCUT2D eigenvalue weighted by Gasteiger charge is -2.09. The molecule has 0 bridgehead atoms. The van der Waals surface area contributed by atoms with Crippen LogP contribution >= 0.6 is 0 Å². The van der Waals surface area contributed by atoms with E-state index in [1.165, 1.54) is 6.07 Å². The Hall–Kier alpha value is -1.35. The van der Waals surface area contributed by atoms with Crippen LogP contribution in [0.1, 0.15) is 25.5 Å². The third kappa shape index (κ3) is 3.36. The number of benzene rings is 1. The van der Waals surface area contributed by atoms with Crippen LogP contribution in [0.25, 0.3) is 0 Å². The summed E-state index contributed by atoms with van der Waals surface area (Å²) < 4.78 is 18.7. The zero-order valence-corrected chi connectivity index (χ0v) is 9.03. The summed E-state index contributed by atoms with van der Waals surface area (Å²) in [5.74, 6) is 0.206. The van der Waals surface area contributed by atoms with Gasteiger partial charge in [0, 0.05) is 17.7 Å². The van der Waals surface area contributed by atoms with Crippen molar-refractivity contribution in [3.05, 3.63) is 41.7 Å². The number of nitrogens with two attached hydrogens (primary N) is 1. The first-order valence-corrected chi connectivity index (χ1v) is 4.94. The van der Waals surface area contributed by atoms with E-state index in [0.717, 1.165) is 0 Å². The maximum absolute atomic E-state index is 13.4. The molecule has 3 heteroatoms. The van der Waals surface area contributed by atoms with Gasteiger partial charge in [-0.25, -0.2) is 4.39 Å². The molecule has 1 rings (SSSR count). The molecule has 0 amide bonds. The molecule has 0 aliphatic heterocycles. The Morgan fingerprint density at radius 3 is 2.80 bits per heavy atom. The maximum atomic E-state index is 13.4. The van der Waals surface area contributed by atoms with Gasteiger partial charge in [-0.15, -0.1) is 0 Å². The summed E-state index contributed by atoms with van der Waals surface area (Å²) in [7, 11) is 0. The van der Waals surface area contributed by atoms with Crippen LogP contribution in [0.2, 0.25) is 0 Å². The zero-order valence-electron chi connectivity index (χ0n) is 9.03. The average Bonchev–Trinajstić information content (AvgIpc) is 2.17. The van der Waals surface area contributed by atoms with Crippen molar-refractivity contribution in [1.29, 1.82) is 0 Å². The molecule has 2 nitrogen and oxygen atoms in total. The minimum absolute atomic E-state index is 0.297. The van der Waals surface area contributed by atoms with E-state index in [-0.39, 0.29) is 11.9 Å². The quantitative estimate of drug-likeness (QED) is 0.774. The fourth-order valence-electron chi connectivity index (χ4n) is 1.21. The summed E-state index contributed by atoms with van der Waals surface area (Å²) in [6.45, 7) is 4.11. The number of hydrogen-bond donors (Lipinski definition) is 1. The molecule has 1 aromatic carbocycles. The van der Waals surface area contributed by atoms with Crippen LogP contribution in [-0.2, 0) is 0 Å². The van der Waals surface area contributed by atoms with Crippen molar-refractivity contribution in [2.24, 2.45) is 5.73 Å². The Bertz CT molecular complexity index is 347. The number of halogens is 1. The molecule has 0 saturated carbocycles. The molecule has 82 valence electrons. The Labute approximate surface area is 89.6 Å². The van der Waals surface area contributed by atoms with Crippen molar-refractivity contribution in [1.82, 2.24) is 0 Å². The molecule has 0 radical (unpaired) electrons. The summed E-state index contributed by atoms with van der Waals surface area (Å²) >= 11 is 0. The molecule has 2 N–H and O–H groups in total. The normalized spacial score (nSPS) is 13.1. The molecule has 0 aromatic heterocycles. The first-order chi connectivity index (χ1) is 7.15. The van der Waals surface area contributed by atoms with Gasteiger partial charge in [-0.05, 0) is 19.9 Å². The van der Waals surface area contributed by atoms with Crippen LogP contribution < -0.4 is 10.5 Å². The number of ether oxygens (including phenoxy) is 1. The second-order valence-electron chi connectivity index (χ2n) is 3.35. The van der Waals surface area contributed by atoms with Gasteiger partial charge in [-0.1, -0.05) is 18.2 Å². The number of rotatable bonds is 4. The van der Waals surface area contributed by atoms with Gasteiger partial charge in [0.2, 0.25) is 0 Å². The van der Waals surface area contributed by atoms with Crippen molar-refractivity contribution in [3.8, 4) is 5.75 Å². The Kier molecular flexibility index (Phi) is 4.31. The molecule has 0 aliphatic carbocycles. The van der Waals surface area contributed by atoms with Gasteiger partial charge < -0.3 is 10.5 Å². The van der Waals surface area contributed by atoms with E-state index in [0.29, 0.717) is 17.9 Å². The summed E-state index contributed by atoms with van der Waals surface area (Å²) in [5.41, 5.74) is 6.10. The van der Waals surface area contributed by atoms with Crippen LogP contribution in [0.15, 0.2) is 30.4 Å². The van der Waals surface area contributed by atoms with Gasteiger partial charge in [0.15, 0.2) is 0 Å². The van der Waals surface area contributed by atoms with E-state index < -0.39 is 0 Å². The fraction of sp³-hybridized carbons (Fsp3) is 0.333. The molecular weight excluding hydrogens is 193 g/mol. The molecule has 0 aliphatic rings. The second-order valence-corrected chi connectivity index (χ2v) is 3.35. The first kappa shape index (κ1) is 11.7. The van der Waals surface area contributed by atoms with E-state index in [1.54, 1.807) is 19.1 Å². The van der Waals surface area contributed by atoms with Crippen molar-refractivity contribution >= 4 is 0 Å². The molecule has 1 aromatic rings. The smallest absolute Gasteiger partial charge is 0.131 e. The maximum Gasteiger partial charge on any atom is 0.131 e. The van der Waals surface area contributed by atoms with Crippen LogP contribution in [-0.4, -0.2) is 6.61 Å². The van der Waals surface area contributed by atoms with Crippen LogP contribution in [0.4, 0.5) is 4.39 Å². The van der Waals surface area contributed by atoms with E-state index >= 15 is 0 Å². The molecular formula is C12H16FNO. The van der Waals surface area contributed by atoms with E-state index in [2.05, 4.69) is 0 Å². The predicted molar refractivity (Wildman–Crippen MR) is 59.3 cm³/mol. The fourth-order valence-corrected chi connectivity index (χ4v) is 1.21. The van der Waals surface area contributed by atoms with Crippen molar-refractivity contribution in [3.63, 3.8) is 0 Å². The molecule has 0 fully saturated rings. The third-order valence-corrected chi connectivity index (χ3v) is 2.04. The summed E-state index contributed by atoms with van der Waals surface area (Å²) in [5, 5.41) is 0. The summed E-state index contributed by atoms with van der Waals surface area (Å²) in [4.78, 5) is 0. The van der Waals surface area contributed by atoms with Gasteiger partial charge in [0.05, 0.1) is 0 Å². The highest BCUT2D eigenvalue weighted by atomic mass is 19.1. The van der Waals surface area contributed by atoms with Gasteiger partial charge >= 0.3 is 0 Å². The van der Waals surface area contributed by atoms with Crippen LogP contribution in [0.5, 0.6) is 5.75 Å². The van der Waals surface area contributed by atoms with Gasteiger partial charge in [0.25, 0.3) is 0 Å². The predicted octanol–water partition coefficient (Wildman–Crippen LogP) is 2.80. The van der Waals surface area contributed by atoms with E-state index in [9.17, 15) is 4.39 Å². The molecule has 15 heavy (non-hydrogen) atoms. The highest BCUT2D eigenvalue weighted by Gasteiger charge is 2.07. The van der Waals surface area contributed by atoms with Gasteiger partial charge in [-0.2, -0.15) is 0 Å². The summed E-state index contributed by atoms with van der Waals surface area (Å²) in [6, 6.07) is 4.45. The number of allylic oxidation sites excluding steroid dienone is 1. The Morgan fingerprint density at radius 1 is 1.53 bits per heavy atom. The van der Waals surface area contributed by atoms with Gasteiger partial charge in [-0.3, -0.25) is 0 Å². The third-order valence-electron chi connectivity index (χ3n) is 2.04. The molecule has 0 saturated heterocycles. The topological polar surface area (TPSA) is 35.2 Å². The van der Waals surface area contributed by atoms with Crippen molar-refractivity contribution in [2.75, 3.05) is 6.61 Å². The lowest BCUT2D eigenvalue weighted by atomic mass is 10.1.